The van der Waals surface area contributed by atoms with Gasteiger partial charge in [0.15, 0.2) is 0 Å². The average Bonchev–Trinajstić information content (AvgIpc) is 2.25. The summed E-state index contributed by atoms with van der Waals surface area (Å²) in [4.78, 5) is 11.8. The van der Waals surface area contributed by atoms with Gasteiger partial charge in [-0.25, -0.2) is 4.79 Å². The van der Waals surface area contributed by atoms with Crippen molar-refractivity contribution in [1.82, 2.24) is 4.90 Å². The van der Waals surface area contributed by atoms with Crippen molar-refractivity contribution in [1.29, 1.82) is 0 Å². The second-order valence-corrected chi connectivity index (χ2v) is 3.35. The summed E-state index contributed by atoms with van der Waals surface area (Å²) in [6.45, 7) is 1.33. The Labute approximate surface area is 89.5 Å². The van der Waals surface area contributed by atoms with E-state index >= 15 is 0 Å². The zero-order valence-electron chi connectivity index (χ0n) is 8.81. The molecule has 0 fully saturated rings. The number of amides is 1. The van der Waals surface area contributed by atoms with Crippen LogP contribution in [-0.2, 0) is 0 Å². The Morgan fingerprint density at radius 2 is 2.07 bits per heavy atom. The van der Waals surface area contributed by atoms with Crippen molar-refractivity contribution in [2.75, 3.05) is 25.5 Å². The summed E-state index contributed by atoms with van der Waals surface area (Å²) < 4.78 is 0. The van der Waals surface area contributed by atoms with Crippen LogP contribution in [0, 0.1) is 0 Å². The highest BCUT2D eigenvalue weighted by Gasteiger charge is 2.03. The first-order valence-electron chi connectivity index (χ1n) is 4.93. The van der Waals surface area contributed by atoms with E-state index in [-0.39, 0.29) is 0 Å². The number of anilines is 1. The Bertz CT molecular complexity index is 301. The van der Waals surface area contributed by atoms with Gasteiger partial charge in [0.25, 0.3) is 0 Å². The molecule has 1 amide bonds. The van der Waals surface area contributed by atoms with Crippen LogP contribution < -0.4 is 5.32 Å². The zero-order valence-corrected chi connectivity index (χ0v) is 8.81. The molecule has 0 aliphatic heterocycles. The molecule has 15 heavy (non-hydrogen) atoms. The summed E-state index contributed by atoms with van der Waals surface area (Å²) in [5.74, 6) is 0. The van der Waals surface area contributed by atoms with Gasteiger partial charge in [-0.15, -0.1) is 0 Å². The van der Waals surface area contributed by atoms with Gasteiger partial charge in [0.2, 0.25) is 0 Å². The number of nitrogens with zero attached hydrogens (tertiary/aromatic N) is 1. The van der Waals surface area contributed by atoms with E-state index in [1.165, 1.54) is 4.90 Å². The Kier molecular flexibility index (Phi) is 4.47. The van der Waals surface area contributed by atoms with Gasteiger partial charge in [-0.2, -0.15) is 0 Å². The van der Waals surface area contributed by atoms with Crippen LogP contribution in [0.1, 0.15) is 6.42 Å². The van der Waals surface area contributed by atoms with Crippen molar-refractivity contribution in [2.45, 2.75) is 6.42 Å². The quantitative estimate of drug-likeness (QED) is 0.728. The minimum Gasteiger partial charge on any atom is -0.465 e. The highest BCUT2D eigenvalue weighted by Crippen LogP contribution is 2.04. The fourth-order valence-corrected chi connectivity index (χ4v) is 1.20. The van der Waals surface area contributed by atoms with Crippen LogP contribution in [0.25, 0.3) is 0 Å². The van der Waals surface area contributed by atoms with E-state index in [1.807, 2.05) is 30.3 Å². The molecule has 1 aromatic rings. The van der Waals surface area contributed by atoms with Gasteiger partial charge < -0.3 is 15.3 Å². The Morgan fingerprint density at radius 1 is 1.40 bits per heavy atom. The van der Waals surface area contributed by atoms with E-state index < -0.39 is 6.09 Å². The molecule has 2 N–H and O–H groups in total. The number of hydrogen-bond acceptors (Lipinski definition) is 2. The SMILES string of the molecule is CN(CCCNc1ccccc1)C(=O)O. The van der Waals surface area contributed by atoms with E-state index in [2.05, 4.69) is 5.32 Å². The number of hydrogen-bond donors (Lipinski definition) is 2. The number of rotatable bonds is 5. The van der Waals surface area contributed by atoms with Gasteiger partial charge in [0, 0.05) is 25.8 Å². The number of carboxylic acid groups (broad SMARTS) is 1. The van der Waals surface area contributed by atoms with Crippen LogP contribution in [-0.4, -0.2) is 36.2 Å². The highest BCUT2D eigenvalue weighted by atomic mass is 16.4. The Hall–Kier alpha value is -1.71. The second-order valence-electron chi connectivity index (χ2n) is 3.35. The molecule has 0 heterocycles. The van der Waals surface area contributed by atoms with E-state index in [0.717, 1.165) is 18.7 Å². The molecular weight excluding hydrogens is 192 g/mol. The van der Waals surface area contributed by atoms with Gasteiger partial charge in [-0.3, -0.25) is 0 Å². The Balaban J connectivity index is 2.15. The lowest BCUT2D eigenvalue weighted by molar-refractivity contribution is 0.156. The molecule has 0 aromatic heterocycles. The maximum atomic E-state index is 10.5. The van der Waals surface area contributed by atoms with Gasteiger partial charge >= 0.3 is 6.09 Å². The van der Waals surface area contributed by atoms with E-state index in [4.69, 9.17) is 5.11 Å². The first-order chi connectivity index (χ1) is 7.20. The number of para-hydroxylation sites is 1. The lowest BCUT2D eigenvalue weighted by Gasteiger charge is -2.13. The molecule has 0 radical (unpaired) electrons. The highest BCUT2D eigenvalue weighted by molar-refractivity contribution is 5.64. The smallest absolute Gasteiger partial charge is 0.407 e. The van der Waals surface area contributed by atoms with Crippen molar-refractivity contribution in [2.24, 2.45) is 0 Å². The van der Waals surface area contributed by atoms with Crippen LogP contribution in [0.15, 0.2) is 30.3 Å². The summed E-state index contributed by atoms with van der Waals surface area (Å²) in [5, 5.41) is 11.8. The van der Waals surface area contributed by atoms with Crippen molar-refractivity contribution >= 4 is 11.8 Å². The van der Waals surface area contributed by atoms with E-state index in [0.29, 0.717) is 6.54 Å². The molecule has 0 aliphatic rings. The van der Waals surface area contributed by atoms with Crippen LogP contribution >= 0.6 is 0 Å². The second kappa shape index (κ2) is 5.90. The minimum atomic E-state index is -0.880. The molecule has 0 aliphatic carbocycles. The third kappa shape index (κ3) is 4.35. The van der Waals surface area contributed by atoms with Gasteiger partial charge in [-0.05, 0) is 18.6 Å². The predicted molar refractivity (Wildman–Crippen MR) is 60.2 cm³/mol. The van der Waals surface area contributed by atoms with Crippen molar-refractivity contribution in [3.8, 4) is 0 Å². The van der Waals surface area contributed by atoms with Gasteiger partial charge in [0.1, 0.15) is 0 Å². The first-order valence-corrected chi connectivity index (χ1v) is 4.93. The number of nitrogens with one attached hydrogen (secondary N) is 1. The summed E-state index contributed by atoms with van der Waals surface area (Å²) in [6, 6.07) is 9.86. The molecule has 0 saturated carbocycles. The molecule has 0 saturated heterocycles. The predicted octanol–water partition coefficient (Wildman–Crippen LogP) is 2.10. The lowest BCUT2D eigenvalue weighted by atomic mass is 10.3. The third-order valence-electron chi connectivity index (χ3n) is 2.10. The largest absolute Gasteiger partial charge is 0.465 e. The fourth-order valence-electron chi connectivity index (χ4n) is 1.20. The molecule has 0 spiro atoms. The Morgan fingerprint density at radius 3 is 2.67 bits per heavy atom. The van der Waals surface area contributed by atoms with Crippen LogP contribution in [0.5, 0.6) is 0 Å². The molecule has 0 atom stereocenters. The summed E-state index contributed by atoms with van der Waals surface area (Å²) >= 11 is 0. The maximum absolute atomic E-state index is 10.5. The van der Waals surface area contributed by atoms with Crippen LogP contribution in [0.2, 0.25) is 0 Å². The van der Waals surface area contributed by atoms with Crippen LogP contribution in [0.3, 0.4) is 0 Å². The normalized spacial score (nSPS) is 9.67. The molecule has 4 nitrogen and oxygen atoms in total. The summed E-state index contributed by atoms with van der Waals surface area (Å²) in [5.41, 5.74) is 1.07. The molecule has 0 unspecified atom stereocenters. The van der Waals surface area contributed by atoms with Crippen molar-refractivity contribution < 1.29 is 9.90 Å². The van der Waals surface area contributed by atoms with E-state index in [9.17, 15) is 4.79 Å². The monoisotopic (exact) mass is 208 g/mol. The summed E-state index contributed by atoms with van der Waals surface area (Å²) in [6.07, 6.45) is -0.0766. The van der Waals surface area contributed by atoms with Crippen molar-refractivity contribution in [3.05, 3.63) is 30.3 Å². The average molecular weight is 208 g/mol. The van der Waals surface area contributed by atoms with Gasteiger partial charge in [-0.1, -0.05) is 18.2 Å². The molecule has 82 valence electrons. The summed E-state index contributed by atoms with van der Waals surface area (Å²) in [7, 11) is 1.57. The van der Waals surface area contributed by atoms with Crippen molar-refractivity contribution in [3.63, 3.8) is 0 Å². The number of carbonyl (C=O) groups is 1. The standard InChI is InChI=1S/C11H16N2O2/c1-13(11(14)15)9-5-8-12-10-6-3-2-4-7-10/h2-4,6-7,12H,5,8-9H2,1H3,(H,14,15). The topological polar surface area (TPSA) is 52.6 Å². The van der Waals surface area contributed by atoms with Crippen LogP contribution in [0.4, 0.5) is 10.5 Å². The third-order valence-corrected chi connectivity index (χ3v) is 2.10. The van der Waals surface area contributed by atoms with E-state index in [1.54, 1.807) is 7.05 Å². The molecule has 0 bridgehead atoms. The first kappa shape index (κ1) is 11.4. The molecule has 1 aromatic carbocycles. The minimum absolute atomic E-state index is 0.551. The molecule has 4 heteroatoms. The molecule has 1 rings (SSSR count). The zero-order chi connectivity index (χ0) is 11.1. The lowest BCUT2D eigenvalue weighted by Crippen LogP contribution is -2.26. The molecular formula is C11H16N2O2. The number of benzene rings is 1. The van der Waals surface area contributed by atoms with Gasteiger partial charge in [0.05, 0.1) is 0 Å². The maximum Gasteiger partial charge on any atom is 0.407 e. The fraction of sp³-hybridized carbons (Fsp3) is 0.364.